The summed E-state index contributed by atoms with van der Waals surface area (Å²) in [6, 6.07) is 0.857. The third kappa shape index (κ3) is 2.84. The Morgan fingerprint density at radius 2 is 2.24 bits per heavy atom. The number of hydrogen-bond acceptors (Lipinski definition) is 5. The molecule has 0 spiro atoms. The lowest BCUT2D eigenvalue weighted by Gasteiger charge is -2.06. The quantitative estimate of drug-likeness (QED) is 0.272. The number of nitrogens with zero attached hydrogens (tertiary/aromatic N) is 2. The molecule has 0 aliphatic heterocycles. The molecule has 0 amide bonds. The molecule has 0 unspecified atom stereocenters. The van der Waals surface area contributed by atoms with E-state index < -0.39 is 34.3 Å². The van der Waals surface area contributed by atoms with Gasteiger partial charge in [0.25, 0.3) is 6.43 Å². The van der Waals surface area contributed by atoms with E-state index in [1.54, 1.807) is 22.6 Å². The van der Waals surface area contributed by atoms with Gasteiger partial charge < -0.3 is 4.74 Å². The predicted octanol–water partition coefficient (Wildman–Crippen LogP) is 2.32. The molecular formula is C8H5F2IN2O4. The molecular weight excluding hydrogens is 353 g/mol. The summed E-state index contributed by atoms with van der Waals surface area (Å²) in [4.78, 5) is 24.4. The highest BCUT2D eigenvalue weighted by atomic mass is 127. The fraction of sp³-hybridized carbons (Fsp3) is 0.250. The summed E-state index contributed by atoms with van der Waals surface area (Å²) in [5.41, 5.74) is -2.60. The van der Waals surface area contributed by atoms with Gasteiger partial charge >= 0.3 is 11.7 Å². The van der Waals surface area contributed by atoms with Crippen molar-refractivity contribution in [3.05, 3.63) is 31.1 Å². The molecule has 6 nitrogen and oxygen atoms in total. The van der Waals surface area contributed by atoms with Gasteiger partial charge in [0, 0.05) is 0 Å². The Bertz CT molecular complexity index is 481. The Hall–Kier alpha value is -1.39. The zero-order chi connectivity index (χ0) is 13.2. The Balaban J connectivity index is 3.57. The van der Waals surface area contributed by atoms with E-state index in [1.165, 1.54) is 0 Å². The molecule has 92 valence electrons. The minimum Gasteiger partial charge on any atom is -0.464 e. The van der Waals surface area contributed by atoms with Crippen molar-refractivity contribution in [2.75, 3.05) is 7.11 Å². The number of carbonyl (C=O) groups is 1. The number of esters is 1. The number of hydrogen-bond donors (Lipinski definition) is 0. The van der Waals surface area contributed by atoms with E-state index in [4.69, 9.17) is 0 Å². The minimum atomic E-state index is -3.07. The third-order valence-electron chi connectivity index (χ3n) is 1.79. The van der Waals surface area contributed by atoms with E-state index >= 15 is 0 Å². The topological polar surface area (TPSA) is 82.3 Å². The summed E-state index contributed by atoms with van der Waals surface area (Å²) in [5, 5.41) is 10.7. The van der Waals surface area contributed by atoms with Gasteiger partial charge in [-0.2, -0.15) is 0 Å². The van der Waals surface area contributed by atoms with E-state index in [-0.39, 0.29) is 3.70 Å². The van der Waals surface area contributed by atoms with E-state index in [0.717, 1.165) is 13.2 Å². The smallest absolute Gasteiger partial charge is 0.363 e. The molecule has 1 aromatic rings. The number of nitro groups is 1. The van der Waals surface area contributed by atoms with Crippen LogP contribution in [0.2, 0.25) is 0 Å². The molecule has 1 aromatic heterocycles. The first kappa shape index (κ1) is 13.7. The lowest BCUT2D eigenvalue weighted by Crippen LogP contribution is -2.12. The maximum atomic E-state index is 12.6. The van der Waals surface area contributed by atoms with Crippen molar-refractivity contribution in [3.8, 4) is 0 Å². The molecule has 0 fully saturated rings. The van der Waals surface area contributed by atoms with Crippen molar-refractivity contribution in [1.82, 2.24) is 4.98 Å². The second-order valence-corrected chi connectivity index (χ2v) is 3.89. The highest BCUT2D eigenvalue weighted by molar-refractivity contribution is 14.1. The summed E-state index contributed by atoms with van der Waals surface area (Å²) in [6.07, 6.45) is -3.07. The average Bonchev–Trinajstić information content (AvgIpc) is 2.26. The highest BCUT2D eigenvalue weighted by Gasteiger charge is 2.31. The van der Waals surface area contributed by atoms with Crippen LogP contribution >= 0.6 is 22.6 Å². The van der Waals surface area contributed by atoms with Gasteiger partial charge in [0.15, 0.2) is 0 Å². The summed E-state index contributed by atoms with van der Waals surface area (Å²) in [7, 11) is 0.982. The van der Waals surface area contributed by atoms with Crippen LogP contribution in [0.25, 0.3) is 0 Å². The maximum Gasteiger partial charge on any atom is 0.363 e. The fourth-order valence-corrected chi connectivity index (χ4v) is 1.70. The van der Waals surface area contributed by atoms with Gasteiger partial charge in [-0.25, -0.2) is 18.6 Å². The molecule has 1 rings (SSSR count). The lowest BCUT2D eigenvalue weighted by molar-refractivity contribution is -0.386. The summed E-state index contributed by atoms with van der Waals surface area (Å²) in [5.74, 6) is -1.13. The van der Waals surface area contributed by atoms with Gasteiger partial charge in [-0.05, 0) is 28.7 Å². The first-order chi connectivity index (χ1) is 7.88. The molecule has 9 heteroatoms. The van der Waals surface area contributed by atoms with Crippen molar-refractivity contribution in [2.24, 2.45) is 0 Å². The van der Waals surface area contributed by atoms with Crippen LogP contribution in [0.5, 0.6) is 0 Å². The third-order valence-corrected chi connectivity index (χ3v) is 2.34. The second kappa shape index (κ2) is 5.29. The number of methoxy groups -OCH3 is 1. The number of pyridine rings is 1. The molecule has 0 radical (unpaired) electrons. The lowest BCUT2D eigenvalue weighted by atomic mass is 10.2. The van der Waals surface area contributed by atoms with Crippen molar-refractivity contribution >= 4 is 34.2 Å². The standard InChI is InChI=1S/C8H5F2IN2O4/c1-17-8(14)5-6(13(15)16)3(7(9)10)2-4(11)12-5/h2,7H,1H3. The molecule has 0 N–H and O–H groups in total. The van der Waals surface area contributed by atoms with Gasteiger partial charge in [0.2, 0.25) is 5.69 Å². The zero-order valence-electron chi connectivity index (χ0n) is 8.32. The molecule has 0 aliphatic carbocycles. The molecule has 17 heavy (non-hydrogen) atoms. The molecule has 0 saturated carbocycles. The van der Waals surface area contributed by atoms with Gasteiger partial charge in [-0.3, -0.25) is 10.1 Å². The Kier molecular flexibility index (Phi) is 4.26. The Morgan fingerprint density at radius 1 is 1.65 bits per heavy atom. The molecule has 1 heterocycles. The van der Waals surface area contributed by atoms with Crippen LogP contribution in [0, 0.1) is 13.8 Å². The summed E-state index contributed by atoms with van der Waals surface area (Å²) >= 11 is 1.58. The van der Waals surface area contributed by atoms with Crippen molar-refractivity contribution < 1.29 is 23.2 Å². The number of alkyl halides is 2. The number of carbonyl (C=O) groups excluding carboxylic acids is 1. The van der Waals surface area contributed by atoms with Gasteiger partial charge in [0.05, 0.1) is 12.0 Å². The first-order valence-electron chi connectivity index (χ1n) is 4.09. The van der Waals surface area contributed by atoms with Gasteiger partial charge in [0.1, 0.15) is 9.26 Å². The minimum absolute atomic E-state index is 0.0453. The average molecular weight is 358 g/mol. The summed E-state index contributed by atoms with van der Waals surface area (Å²) < 4.78 is 29.6. The first-order valence-corrected chi connectivity index (χ1v) is 5.17. The van der Waals surface area contributed by atoms with Gasteiger partial charge in [-0.15, -0.1) is 0 Å². The van der Waals surface area contributed by atoms with Crippen LogP contribution in [0.3, 0.4) is 0 Å². The molecule has 0 atom stereocenters. The maximum absolute atomic E-state index is 12.6. The van der Waals surface area contributed by atoms with E-state index in [1.807, 2.05) is 0 Å². The number of rotatable bonds is 3. The van der Waals surface area contributed by atoms with Crippen LogP contribution in [0.1, 0.15) is 22.5 Å². The monoisotopic (exact) mass is 358 g/mol. The van der Waals surface area contributed by atoms with Crippen molar-refractivity contribution in [2.45, 2.75) is 6.43 Å². The van der Waals surface area contributed by atoms with E-state index in [2.05, 4.69) is 9.72 Å². The van der Waals surface area contributed by atoms with Crippen LogP contribution in [-0.2, 0) is 4.74 Å². The number of halogens is 3. The number of aromatic nitrogens is 1. The van der Waals surface area contributed by atoms with E-state index in [0.29, 0.717) is 0 Å². The van der Waals surface area contributed by atoms with Crippen LogP contribution in [-0.4, -0.2) is 23.0 Å². The molecule has 0 saturated heterocycles. The zero-order valence-corrected chi connectivity index (χ0v) is 10.5. The van der Waals surface area contributed by atoms with E-state index in [9.17, 15) is 23.7 Å². The van der Waals surface area contributed by atoms with Crippen LogP contribution in [0.4, 0.5) is 14.5 Å². The Labute approximate surface area is 107 Å². The molecule has 0 aliphatic rings. The number of ether oxygens (including phenoxy) is 1. The Morgan fingerprint density at radius 3 is 2.65 bits per heavy atom. The SMILES string of the molecule is COC(=O)c1nc(I)cc(C(F)F)c1[N+](=O)[O-]. The molecule has 0 bridgehead atoms. The highest BCUT2D eigenvalue weighted by Crippen LogP contribution is 2.32. The summed E-state index contributed by atoms with van der Waals surface area (Å²) in [6.45, 7) is 0. The molecule has 0 aromatic carbocycles. The largest absolute Gasteiger partial charge is 0.464 e. The fourth-order valence-electron chi connectivity index (χ4n) is 1.12. The van der Waals surface area contributed by atoms with Crippen LogP contribution < -0.4 is 0 Å². The second-order valence-electron chi connectivity index (χ2n) is 2.78. The predicted molar refractivity (Wildman–Crippen MR) is 59.9 cm³/mol. The van der Waals surface area contributed by atoms with Crippen molar-refractivity contribution in [1.29, 1.82) is 0 Å². The van der Waals surface area contributed by atoms with Crippen molar-refractivity contribution in [3.63, 3.8) is 0 Å². The normalized spacial score (nSPS) is 10.4. The van der Waals surface area contributed by atoms with Crippen LogP contribution in [0.15, 0.2) is 6.07 Å². The van der Waals surface area contributed by atoms with Gasteiger partial charge in [-0.1, -0.05) is 0 Å².